The van der Waals surface area contributed by atoms with E-state index < -0.39 is 5.91 Å². The molecule has 0 fully saturated rings. The van der Waals surface area contributed by atoms with Crippen molar-refractivity contribution in [2.75, 3.05) is 0 Å². The highest BCUT2D eigenvalue weighted by Crippen LogP contribution is 2.28. The average molecular weight is 201 g/mol. The number of nitrogen functional groups attached to an aromatic ring is 1. The van der Waals surface area contributed by atoms with Crippen LogP contribution in [-0.2, 0) is 0 Å². The Morgan fingerprint density at radius 2 is 2.23 bits per heavy atom. The quantitative estimate of drug-likeness (QED) is 0.359. The number of rotatable bonds is 1. The maximum Gasteiger partial charge on any atom is 0.265 e. The lowest BCUT2D eigenvalue weighted by atomic mass is 10.1. The van der Waals surface area contributed by atoms with Crippen molar-refractivity contribution < 1.29 is 9.90 Å². The van der Waals surface area contributed by atoms with Crippen molar-refractivity contribution in [3.05, 3.63) is 28.3 Å². The van der Waals surface area contributed by atoms with Gasteiger partial charge in [-0.3, -0.25) is 10.2 Å². The summed E-state index contributed by atoms with van der Waals surface area (Å²) in [5.74, 6) is 4.48. The lowest BCUT2D eigenvalue weighted by molar-refractivity contribution is 0.0953. The van der Waals surface area contributed by atoms with Crippen molar-refractivity contribution in [2.24, 2.45) is 5.84 Å². The Morgan fingerprint density at radius 3 is 2.69 bits per heavy atom. The molecule has 0 heterocycles. The van der Waals surface area contributed by atoms with Gasteiger partial charge in [0, 0.05) is 5.56 Å². The van der Waals surface area contributed by atoms with Crippen LogP contribution in [0.1, 0.15) is 15.9 Å². The number of nitrogens with one attached hydrogen (secondary N) is 1. The predicted octanol–water partition coefficient (Wildman–Crippen LogP) is 0.958. The SMILES string of the molecule is Cc1cc(C(=O)NN)cc(Cl)c1O. The second-order valence-electron chi connectivity index (χ2n) is 2.60. The second kappa shape index (κ2) is 3.64. The van der Waals surface area contributed by atoms with Gasteiger partial charge >= 0.3 is 0 Å². The number of benzene rings is 1. The van der Waals surface area contributed by atoms with Crippen LogP contribution in [0.3, 0.4) is 0 Å². The number of phenolic OH excluding ortho intramolecular Hbond substituents is 1. The van der Waals surface area contributed by atoms with Crippen molar-refractivity contribution >= 4 is 17.5 Å². The fourth-order valence-electron chi connectivity index (χ4n) is 0.951. The summed E-state index contributed by atoms with van der Waals surface area (Å²) in [6.07, 6.45) is 0. The summed E-state index contributed by atoms with van der Waals surface area (Å²) in [6.45, 7) is 1.65. The third-order valence-electron chi connectivity index (χ3n) is 1.65. The number of aromatic hydroxyl groups is 1. The number of phenols is 1. The van der Waals surface area contributed by atoms with E-state index in [1.54, 1.807) is 6.92 Å². The number of amides is 1. The van der Waals surface area contributed by atoms with E-state index in [9.17, 15) is 9.90 Å². The van der Waals surface area contributed by atoms with E-state index in [0.29, 0.717) is 11.1 Å². The van der Waals surface area contributed by atoms with E-state index in [1.807, 2.05) is 5.43 Å². The average Bonchev–Trinajstić information content (AvgIpc) is 2.12. The number of carbonyl (C=O) groups excluding carboxylic acids is 1. The molecule has 0 aliphatic rings. The molecule has 70 valence electrons. The van der Waals surface area contributed by atoms with Crippen LogP contribution in [-0.4, -0.2) is 11.0 Å². The van der Waals surface area contributed by atoms with E-state index in [4.69, 9.17) is 17.4 Å². The van der Waals surface area contributed by atoms with Gasteiger partial charge in [0.15, 0.2) is 0 Å². The topological polar surface area (TPSA) is 75.4 Å². The maximum atomic E-state index is 11.1. The van der Waals surface area contributed by atoms with E-state index in [0.717, 1.165) is 0 Å². The summed E-state index contributed by atoms with van der Waals surface area (Å²) >= 11 is 5.65. The molecule has 4 nitrogen and oxygen atoms in total. The molecular formula is C8H9ClN2O2. The van der Waals surface area contributed by atoms with Crippen molar-refractivity contribution in [2.45, 2.75) is 6.92 Å². The monoisotopic (exact) mass is 200 g/mol. The van der Waals surface area contributed by atoms with E-state index >= 15 is 0 Å². The van der Waals surface area contributed by atoms with Gasteiger partial charge in [0.1, 0.15) is 5.75 Å². The van der Waals surface area contributed by atoms with Gasteiger partial charge < -0.3 is 5.11 Å². The van der Waals surface area contributed by atoms with Crippen LogP contribution in [0.4, 0.5) is 0 Å². The number of hydrazine groups is 1. The van der Waals surface area contributed by atoms with E-state index in [-0.39, 0.29) is 10.8 Å². The molecule has 0 radical (unpaired) electrons. The maximum absolute atomic E-state index is 11.1. The number of halogens is 1. The van der Waals surface area contributed by atoms with Gasteiger partial charge in [-0.25, -0.2) is 5.84 Å². The van der Waals surface area contributed by atoms with Crippen LogP contribution in [0.5, 0.6) is 5.75 Å². The fraction of sp³-hybridized carbons (Fsp3) is 0.125. The first-order chi connectivity index (χ1) is 6.06. The Kier molecular flexibility index (Phi) is 2.75. The lowest BCUT2D eigenvalue weighted by Crippen LogP contribution is -2.29. The molecule has 1 aromatic carbocycles. The normalized spacial score (nSPS) is 9.77. The molecule has 0 saturated heterocycles. The Hall–Kier alpha value is -1.26. The first-order valence-electron chi connectivity index (χ1n) is 3.56. The van der Waals surface area contributed by atoms with Crippen molar-refractivity contribution in [1.29, 1.82) is 0 Å². The van der Waals surface area contributed by atoms with Crippen molar-refractivity contribution in [1.82, 2.24) is 5.43 Å². The molecule has 0 spiro atoms. The molecule has 0 bridgehead atoms. The summed E-state index contributed by atoms with van der Waals surface area (Å²) in [5, 5.41) is 9.43. The first-order valence-corrected chi connectivity index (χ1v) is 3.94. The lowest BCUT2D eigenvalue weighted by Gasteiger charge is -2.04. The van der Waals surface area contributed by atoms with Gasteiger partial charge in [0.2, 0.25) is 0 Å². The molecule has 4 N–H and O–H groups in total. The molecule has 1 rings (SSSR count). The standard InChI is InChI=1S/C8H9ClN2O2/c1-4-2-5(8(13)11-10)3-6(9)7(4)12/h2-3,12H,10H2,1H3,(H,11,13). The minimum Gasteiger partial charge on any atom is -0.506 e. The van der Waals surface area contributed by atoms with Gasteiger partial charge in [-0.2, -0.15) is 0 Å². The smallest absolute Gasteiger partial charge is 0.265 e. The summed E-state index contributed by atoms with van der Waals surface area (Å²) in [5.41, 5.74) is 2.83. The van der Waals surface area contributed by atoms with Gasteiger partial charge in [0.25, 0.3) is 5.91 Å². The summed E-state index contributed by atoms with van der Waals surface area (Å²) in [4.78, 5) is 11.1. The molecule has 5 heteroatoms. The zero-order valence-electron chi connectivity index (χ0n) is 6.97. The zero-order valence-corrected chi connectivity index (χ0v) is 7.72. The van der Waals surface area contributed by atoms with Crippen LogP contribution >= 0.6 is 11.6 Å². The van der Waals surface area contributed by atoms with Gasteiger partial charge in [0.05, 0.1) is 5.02 Å². The van der Waals surface area contributed by atoms with Crippen molar-refractivity contribution in [3.63, 3.8) is 0 Å². The van der Waals surface area contributed by atoms with E-state index in [2.05, 4.69) is 0 Å². The van der Waals surface area contributed by atoms with Crippen LogP contribution in [0.15, 0.2) is 12.1 Å². The number of hydrogen-bond donors (Lipinski definition) is 3. The second-order valence-corrected chi connectivity index (χ2v) is 3.00. The molecule has 0 unspecified atom stereocenters. The molecule has 0 aliphatic heterocycles. The third kappa shape index (κ3) is 1.91. The molecule has 0 aromatic heterocycles. The summed E-state index contributed by atoms with van der Waals surface area (Å²) in [6, 6.07) is 2.86. The minimum absolute atomic E-state index is 0.0183. The Morgan fingerprint density at radius 1 is 1.62 bits per heavy atom. The number of hydrogen-bond acceptors (Lipinski definition) is 3. The van der Waals surface area contributed by atoms with E-state index in [1.165, 1.54) is 12.1 Å². The molecule has 1 aromatic rings. The molecule has 0 aliphatic carbocycles. The summed E-state index contributed by atoms with van der Waals surface area (Å²) < 4.78 is 0. The Balaban J connectivity index is 3.20. The highest BCUT2D eigenvalue weighted by atomic mass is 35.5. The van der Waals surface area contributed by atoms with Gasteiger partial charge in [-0.1, -0.05) is 11.6 Å². The van der Waals surface area contributed by atoms with Crippen LogP contribution in [0.25, 0.3) is 0 Å². The molecule has 13 heavy (non-hydrogen) atoms. The largest absolute Gasteiger partial charge is 0.506 e. The Bertz CT molecular complexity index is 329. The molecule has 0 atom stereocenters. The van der Waals surface area contributed by atoms with Crippen LogP contribution < -0.4 is 11.3 Å². The van der Waals surface area contributed by atoms with Crippen LogP contribution in [0, 0.1) is 6.92 Å². The molecule has 1 amide bonds. The molecular weight excluding hydrogens is 192 g/mol. The number of carbonyl (C=O) groups is 1. The first kappa shape index (κ1) is 9.83. The molecule has 0 saturated carbocycles. The third-order valence-corrected chi connectivity index (χ3v) is 1.94. The van der Waals surface area contributed by atoms with Crippen molar-refractivity contribution in [3.8, 4) is 5.75 Å². The number of nitrogens with two attached hydrogens (primary N) is 1. The predicted molar refractivity (Wildman–Crippen MR) is 49.5 cm³/mol. The fourth-order valence-corrected chi connectivity index (χ4v) is 1.22. The summed E-state index contributed by atoms with van der Waals surface area (Å²) in [7, 11) is 0. The van der Waals surface area contributed by atoms with Crippen LogP contribution in [0.2, 0.25) is 5.02 Å². The van der Waals surface area contributed by atoms with Gasteiger partial charge in [-0.15, -0.1) is 0 Å². The minimum atomic E-state index is -0.440. The highest BCUT2D eigenvalue weighted by molar-refractivity contribution is 6.32. The van der Waals surface area contributed by atoms with Gasteiger partial charge in [-0.05, 0) is 24.6 Å². The highest BCUT2D eigenvalue weighted by Gasteiger charge is 2.09. The Labute approximate surface area is 80.3 Å². The number of aryl methyl sites for hydroxylation is 1. The zero-order chi connectivity index (χ0) is 10.0.